The minimum atomic E-state index is -0.263. The molecule has 0 aliphatic carbocycles. The van der Waals surface area contributed by atoms with Gasteiger partial charge < -0.3 is 15.1 Å². The van der Waals surface area contributed by atoms with Crippen LogP contribution in [0.5, 0.6) is 0 Å². The van der Waals surface area contributed by atoms with Crippen LogP contribution in [0.1, 0.15) is 27.4 Å². The van der Waals surface area contributed by atoms with Gasteiger partial charge in [0.1, 0.15) is 17.0 Å². The summed E-state index contributed by atoms with van der Waals surface area (Å²) >= 11 is 0. The monoisotopic (exact) mass is 477 g/mol. The zero-order valence-electron chi connectivity index (χ0n) is 19.6. The van der Waals surface area contributed by atoms with E-state index in [9.17, 15) is 9.59 Å². The molecular weight excluding hydrogens is 454 g/mol. The van der Waals surface area contributed by atoms with Gasteiger partial charge >= 0.3 is 0 Å². The largest absolute Gasteiger partial charge is 0.441 e. The standard InChI is InChI=1S/C28H23N5O3/c1-18-24(17-31-27(35)22-8-5-9-23-26(22)30-15-14-29-23)33-28(36-18)20-10-12-21(13-11-20)32-25(34)16-19-6-3-2-4-7-19/h2-15H,16-17H2,1H3,(H,31,35)(H,32,34). The third-order valence-corrected chi connectivity index (χ3v) is 5.68. The second-order valence-corrected chi connectivity index (χ2v) is 8.22. The number of anilines is 1. The number of rotatable bonds is 7. The third kappa shape index (κ3) is 5.12. The number of amides is 2. The Morgan fingerprint density at radius 2 is 1.67 bits per heavy atom. The number of nitrogens with zero attached hydrogens (tertiary/aromatic N) is 3. The Balaban J connectivity index is 1.23. The van der Waals surface area contributed by atoms with E-state index in [0.29, 0.717) is 46.0 Å². The minimum absolute atomic E-state index is 0.0869. The van der Waals surface area contributed by atoms with Gasteiger partial charge in [-0.2, -0.15) is 0 Å². The molecule has 0 bridgehead atoms. The maximum absolute atomic E-state index is 12.8. The molecule has 8 heteroatoms. The minimum Gasteiger partial charge on any atom is -0.441 e. The van der Waals surface area contributed by atoms with E-state index in [1.807, 2.05) is 48.5 Å². The van der Waals surface area contributed by atoms with Crippen molar-refractivity contribution in [2.45, 2.75) is 19.9 Å². The van der Waals surface area contributed by atoms with Crippen molar-refractivity contribution < 1.29 is 14.0 Å². The van der Waals surface area contributed by atoms with Crippen LogP contribution < -0.4 is 10.6 Å². The van der Waals surface area contributed by atoms with Crippen LogP contribution in [0.3, 0.4) is 0 Å². The topological polar surface area (TPSA) is 110 Å². The first-order valence-electron chi connectivity index (χ1n) is 11.5. The van der Waals surface area contributed by atoms with Crippen LogP contribution in [0.4, 0.5) is 5.69 Å². The molecular formula is C28H23N5O3. The summed E-state index contributed by atoms with van der Waals surface area (Å²) in [6, 6.07) is 22.2. The summed E-state index contributed by atoms with van der Waals surface area (Å²) in [6.07, 6.45) is 3.46. The Bertz CT molecular complexity index is 1520. The number of nitrogens with one attached hydrogen (secondary N) is 2. The average molecular weight is 478 g/mol. The van der Waals surface area contributed by atoms with Gasteiger partial charge in [0.05, 0.1) is 24.0 Å². The van der Waals surface area contributed by atoms with Gasteiger partial charge in [-0.3, -0.25) is 19.6 Å². The van der Waals surface area contributed by atoms with Gasteiger partial charge in [-0.25, -0.2) is 4.98 Å². The Kier molecular flexibility index (Phi) is 6.48. The van der Waals surface area contributed by atoms with Gasteiger partial charge in [-0.05, 0) is 48.9 Å². The van der Waals surface area contributed by atoms with E-state index < -0.39 is 0 Å². The molecule has 0 fully saturated rings. The highest BCUT2D eigenvalue weighted by molar-refractivity contribution is 6.04. The Morgan fingerprint density at radius 3 is 2.47 bits per heavy atom. The quantitative estimate of drug-likeness (QED) is 0.351. The molecule has 5 aromatic rings. The molecule has 0 spiro atoms. The van der Waals surface area contributed by atoms with E-state index in [0.717, 1.165) is 11.1 Å². The smallest absolute Gasteiger partial charge is 0.253 e. The lowest BCUT2D eigenvalue weighted by Crippen LogP contribution is -2.23. The van der Waals surface area contributed by atoms with Gasteiger partial charge in [0.2, 0.25) is 11.8 Å². The van der Waals surface area contributed by atoms with Crippen LogP contribution in [-0.4, -0.2) is 26.8 Å². The van der Waals surface area contributed by atoms with Gasteiger partial charge in [0, 0.05) is 23.6 Å². The Morgan fingerprint density at radius 1 is 0.889 bits per heavy atom. The van der Waals surface area contributed by atoms with Gasteiger partial charge in [-0.15, -0.1) is 0 Å². The molecule has 2 N–H and O–H groups in total. The number of fused-ring (bicyclic) bond motifs is 1. The first-order chi connectivity index (χ1) is 17.6. The van der Waals surface area contributed by atoms with Crippen molar-refractivity contribution in [2.24, 2.45) is 0 Å². The number of aromatic nitrogens is 3. The number of aryl methyl sites for hydroxylation is 1. The first-order valence-corrected chi connectivity index (χ1v) is 11.5. The lowest BCUT2D eigenvalue weighted by Gasteiger charge is -2.06. The number of hydrogen-bond donors (Lipinski definition) is 2. The molecule has 2 heterocycles. The van der Waals surface area contributed by atoms with Crippen molar-refractivity contribution in [1.82, 2.24) is 20.3 Å². The number of para-hydroxylation sites is 1. The van der Waals surface area contributed by atoms with Gasteiger partial charge in [-0.1, -0.05) is 36.4 Å². The maximum atomic E-state index is 12.8. The van der Waals surface area contributed by atoms with Crippen LogP contribution >= 0.6 is 0 Å². The molecule has 2 aromatic heterocycles. The van der Waals surface area contributed by atoms with E-state index in [1.54, 1.807) is 43.6 Å². The van der Waals surface area contributed by atoms with E-state index in [1.165, 1.54) is 0 Å². The molecule has 0 atom stereocenters. The van der Waals surface area contributed by atoms with E-state index in [4.69, 9.17) is 4.42 Å². The van der Waals surface area contributed by atoms with Crippen molar-refractivity contribution in [1.29, 1.82) is 0 Å². The molecule has 0 saturated heterocycles. The van der Waals surface area contributed by atoms with E-state index in [2.05, 4.69) is 25.6 Å². The highest BCUT2D eigenvalue weighted by atomic mass is 16.4. The highest BCUT2D eigenvalue weighted by Crippen LogP contribution is 2.24. The number of carbonyl (C=O) groups is 2. The maximum Gasteiger partial charge on any atom is 0.253 e. The first kappa shape index (κ1) is 22.9. The fourth-order valence-corrected chi connectivity index (χ4v) is 3.83. The van der Waals surface area contributed by atoms with Crippen molar-refractivity contribution in [3.63, 3.8) is 0 Å². The van der Waals surface area contributed by atoms with Crippen LogP contribution in [-0.2, 0) is 17.8 Å². The summed E-state index contributed by atoms with van der Waals surface area (Å²) in [5.74, 6) is 0.704. The fraction of sp³-hybridized carbons (Fsp3) is 0.107. The zero-order chi connectivity index (χ0) is 24.9. The van der Waals surface area contributed by atoms with Crippen LogP contribution in [0, 0.1) is 6.92 Å². The molecule has 5 rings (SSSR count). The highest BCUT2D eigenvalue weighted by Gasteiger charge is 2.15. The molecule has 0 aliphatic rings. The van der Waals surface area contributed by atoms with Crippen molar-refractivity contribution in [3.05, 3.63) is 108 Å². The van der Waals surface area contributed by atoms with Crippen LogP contribution in [0.2, 0.25) is 0 Å². The van der Waals surface area contributed by atoms with Crippen LogP contribution in [0.15, 0.2) is 89.6 Å². The number of oxazole rings is 1. The average Bonchev–Trinajstić information content (AvgIpc) is 3.28. The summed E-state index contributed by atoms with van der Waals surface area (Å²) in [5, 5.41) is 5.79. The molecule has 0 saturated carbocycles. The second kappa shape index (κ2) is 10.2. The predicted molar refractivity (Wildman–Crippen MR) is 136 cm³/mol. The van der Waals surface area contributed by atoms with Gasteiger partial charge in [0.15, 0.2) is 0 Å². The van der Waals surface area contributed by atoms with Crippen molar-refractivity contribution in [2.75, 3.05) is 5.32 Å². The molecule has 3 aromatic carbocycles. The molecule has 0 unspecified atom stereocenters. The van der Waals surface area contributed by atoms with Crippen molar-refractivity contribution >= 4 is 28.5 Å². The van der Waals surface area contributed by atoms with E-state index in [-0.39, 0.29) is 18.4 Å². The summed E-state index contributed by atoms with van der Waals surface area (Å²) in [7, 11) is 0. The number of hydrogen-bond acceptors (Lipinski definition) is 6. The summed E-state index contributed by atoms with van der Waals surface area (Å²) in [5.41, 5.74) is 4.69. The number of carbonyl (C=O) groups excluding carboxylic acids is 2. The fourth-order valence-electron chi connectivity index (χ4n) is 3.83. The third-order valence-electron chi connectivity index (χ3n) is 5.68. The molecule has 36 heavy (non-hydrogen) atoms. The molecule has 2 amide bonds. The predicted octanol–water partition coefficient (Wildman–Crippen LogP) is 4.70. The summed E-state index contributed by atoms with van der Waals surface area (Å²) < 4.78 is 5.84. The Labute approximate surface area is 207 Å². The van der Waals surface area contributed by atoms with Gasteiger partial charge in [0.25, 0.3) is 5.91 Å². The lowest BCUT2D eigenvalue weighted by atomic mass is 10.1. The normalized spacial score (nSPS) is 10.8. The number of benzene rings is 3. The van der Waals surface area contributed by atoms with Crippen molar-refractivity contribution in [3.8, 4) is 11.5 Å². The zero-order valence-corrected chi connectivity index (χ0v) is 19.6. The molecule has 178 valence electrons. The Hall–Kier alpha value is -4.85. The summed E-state index contributed by atoms with van der Waals surface area (Å²) in [4.78, 5) is 38.2. The molecule has 8 nitrogen and oxygen atoms in total. The molecule has 0 aliphatic heterocycles. The SMILES string of the molecule is Cc1oc(-c2ccc(NC(=O)Cc3ccccc3)cc2)nc1CNC(=O)c1cccc2nccnc12. The lowest BCUT2D eigenvalue weighted by molar-refractivity contribution is -0.115. The van der Waals surface area contributed by atoms with E-state index >= 15 is 0 Å². The second-order valence-electron chi connectivity index (χ2n) is 8.22. The molecule has 0 radical (unpaired) electrons. The summed E-state index contributed by atoms with van der Waals surface area (Å²) in [6.45, 7) is 2.01. The van der Waals surface area contributed by atoms with Crippen LogP contribution in [0.25, 0.3) is 22.5 Å².